The second-order valence-corrected chi connectivity index (χ2v) is 6.22. The molecule has 0 aromatic carbocycles. The van der Waals surface area contributed by atoms with Crippen LogP contribution in [0, 0.1) is 0 Å². The lowest BCUT2D eigenvalue weighted by Crippen LogP contribution is -2.31. The molecule has 7 heteroatoms. The monoisotopic (exact) mass is 289 g/mol. The highest BCUT2D eigenvalue weighted by molar-refractivity contribution is 7.89. The lowest BCUT2D eigenvalue weighted by molar-refractivity contribution is 0.122. The van der Waals surface area contributed by atoms with E-state index in [1.54, 1.807) is 19.4 Å². The molecule has 0 aliphatic rings. The molecule has 1 atom stereocenters. The minimum absolute atomic E-state index is 0.153. The van der Waals surface area contributed by atoms with Gasteiger partial charge in [-0.15, -0.1) is 0 Å². The zero-order valence-electron chi connectivity index (χ0n) is 11.9. The zero-order valence-corrected chi connectivity index (χ0v) is 12.8. The third-order valence-corrected chi connectivity index (χ3v) is 4.30. The van der Waals surface area contributed by atoms with E-state index in [0.717, 1.165) is 12.2 Å². The largest absolute Gasteiger partial charge is 0.380 e. The lowest BCUT2D eigenvalue weighted by atomic mass is 10.4. The van der Waals surface area contributed by atoms with Gasteiger partial charge in [-0.2, -0.15) is 0 Å². The molecular weight excluding hydrogens is 266 g/mol. The van der Waals surface area contributed by atoms with Crippen molar-refractivity contribution in [2.75, 3.05) is 20.2 Å². The number of aryl methyl sites for hydroxylation is 1. The highest BCUT2D eigenvalue weighted by Crippen LogP contribution is 2.13. The molecular formula is C12H23N3O3S. The molecule has 0 aliphatic heterocycles. The first-order valence-corrected chi connectivity index (χ1v) is 7.77. The summed E-state index contributed by atoms with van der Waals surface area (Å²) in [6, 6.07) is 1.68. The highest BCUT2D eigenvalue weighted by atomic mass is 32.2. The van der Waals surface area contributed by atoms with Crippen LogP contribution in [0.15, 0.2) is 17.2 Å². The van der Waals surface area contributed by atoms with Crippen molar-refractivity contribution in [1.29, 1.82) is 0 Å². The number of nitrogens with zero attached hydrogens (tertiary/aromatic N) is 1. The fourth-order valence-electron chi connectivity index (χ4n) is 1.55. The normalized spacial score (nSPS) is 13.7. The summed E-state index contributed by atoms with van der Waals surface area (Å²) in [5, 5.41) is 3.17. The number of aromatic nitrogens is 1. The molecule has 0 bridgehead atoms. The maximum Gasteiger partial charge on any atom is 0.242 e. The molecule has 1 heterocycles. The average Bonchev–Trinajstić information content (AvgIpc) is 2.75. The summed E-state index contributed by atoms with van der Waals surface area (Å²) in [5.74, 6) is 0. The summed E-state index contributed by atoms with van der Waals surface area (Å²) < 4.78 is 33.6. The van der Waals surface area contributed by atoms with Gasteiger partial charge < -0.3 is 14.6 Å². The Hall–Kier alpha value is -0.890. The maximum atomic E-state index is 12.1. The van der Waals surface area contributed by atoms with Gasteiger partial charge in [-0.25, -0.2) is 13.1 Å². The van der Waals surface area contributed by atoms with Gasteiger partial charge in [0.2, 0.25) is 10.0 Å². The molecule has 0 saturated heterocycles. The molecule has 1 aromatic rings. The van der Waals surface area contributed by atoms with Crippen molar-refractivity contribution >= 4 is 10.0 Å². The number of methoxy groups -OCH3 is 1. The Balaban J connectivity index is 2.78. The Bertz CT molecular complexity index is 496. The Morgan fingerprint density at radius 3 is 2.74 bits per heavy atom. The highest BCUT2D eigenvalue weighted by Gasteiger charge is 2.18. The molecule has 6 nitrogen and oxygen atoms in total. The van der Waals surface area contributed by atoms with Crippen LogP contribution in [0.3, 0.4) is 0 Å². The van der Waals surface area contributed by atoms with E-state index in [4.69, 9.17) is 4.74 Å². The van der Waals surface area contributed by atoms with Crippen molar-refractivity contribution in [3.8, 4) is 0 Å². The van der Waals surface area contributed by atoms with Gasteiger partial charge in [-0.05, 0) is 19.5 Å². The van der Waals surface area contributed by atoms with E-state index in [-0.39, 0.29) is 17.5 Å². The van der Waals surface area contributed by atoms with Crippen LogP contribution in [0.4, 0.5) is 0 Å². The molecule has 0 amide bonds. The summed E-state index contributed by atoms with van der Waals surface area (Å²) in [6.45, 7) is 5.57. The number of rotatable bonds is 8. The number of ether oxygens (including phenoxy) is 1. The summed E-state index contributed by atoms with van der Waals surface area (Å²) in [6.07, 6.45) is 1.46. The first kappa shape index (κ1) is 16.2. The maximum absolute atomic E-state index is 12.1. The Kier molecular flexibility index (Phi) is 5.99. The molecule has 0 fully saturated rings. The van der Waals surface area contributed by atoms with E-state index in [0.29, 0.717) is 6.54 Å². The first-order chi connectivity index (χ1) is 8.90. The van der Waals surface area contributed by atoms with E-state index >= 15 is 0 Å². The third kappa shape index (κ3) is 4.61. The van der Waals surface area contributed by atoms with Crippen molar-refractivity contribution in [1.82, 2.24) is 14.6 Å². The van der Waals surface area contributed by atoms with Crippen LogP contribution < -0.4 is 10.0 Å². The van der Waals surface area contributed by atoms with E-state index in [2.05, 4.69) is 10.0 Å². The van der Waals surface area contributed by atoms with Crippen LogP contribution in [0.25, 0.3) is 0 Å². The third-order valence-electron chi connectivity index (χ3n) is 2.91. The SMILES string of the molecule is CCNCc1cc(S(=O)(=O)NCC(C)OC)cn1C. The number of hydrogen-bond donors (Lipinski definition) is 2. The molecule has 19 heavy (non-hydrogen) atoms. The Morgan fingerprint density at radius 1 is 1.47 bits per heavy atom. The number of nitrogens with one attached hydrogen (secondary N) is 2. The van der Waals surface area contributed by atoms with E-state index in [1.165, 1.54) is 0 Å². The summed E-state index contributed by atoms with van der Waals surface area (Å²) in [7, 11) is -0.0824. The Labute approximate surface area is 115 Å². The standard InChI is InChI=1S/C12H23N3O3S/c1-5-13-8-11-6-12(9-15(11)3)19(16,17)14-7-10(2)18-4/h6,9-10,13-14H,5,7-8H2,1-4H3. The van der Waals surface area contributed by atoms with Crippen molar-refractivity contribution in [2.45, 2.75) is 31.4 Å². The van der Waals surface area contributed by atoms with Gasteiger partial charge in [-0.1, -0.05) is 6.92 Å². The smallest absolute Gasteiger partial charge is 0.242 e. The van der Waals surface area contributed by atoms with E-state index < -0.39 is 10.0 Å². The minimum atomic E-state index is -3.47. The second kappa shape index (κ2) is 7.04. The molecule has 1 aromatic heterocycles. The van der Waals surface area contributed by atoms with Crippen LogP contribution in [-0.2, 0) is 28.4 Å². The molecule has 2 N–H and O–H groups in total. The lowest BCUT2D eigenvalue weighted by Gasteiger charge is -2.10. The van der Waals surface area contributed by atoms with Gasteiger partial charge in [0.15, 0.2) is 0 Å². The van der Waals surface area contributed by atoms with Gasteiger partial charge in [0.25, 0.3) is 0 Å². The molecule has 1 unspecified atom stereocenters. The number of sulfonamides is 1. The predicted octanol–water partition coefficient (Wildman–Crippen LogP) is 0.448. The van der Waals surface area contributed by atoms with E-state index in [1.807, 2.05) is 25.5 Å². The minimum Gasteiger partial charge on any atom is -0.380 e. The van der Waals surface area contributed by atoms with Gasteiger partial charge in [-0.3, -0.25) is 0 Å². The summed E-state index contributed by atoms with van der Waals surface area (Å²) in [4.78, 5) is 0.284. The average molecular weight is 289 g/mol. The van der Waals surface area contributed by atoms with Crippen LogP contribution in [0.1, 0.15) is 19.5 Å². The van der Waals surface area contributed by atoms with Crippen LogP contribution in [0.2, 0.25) is 0 Å². The fraction of sp³-hybridized carbons (Fsp3) is 0.667. The predicted molar refractivity (Wildman–Crippen MR) is 74.5 cm³/mol. The fourth-order valence-corrected chi connectivity index (χ4v) is 2.76. The van der Waals surface area contributed by atoms with Gasteiger partial charge in [0, 0.05) is 39.1 Å². The number of hydrogen-bond acceptors (Lipinski definition) is 4. The zero-order chi connectivity index (χ0) is 14.5. The van der Waals surface area contributed by atoms with Gasteiger partial charge in [0.05, 0.1) is 11.0 Å². The summed E-state index contributed by atoms with van der Waals surface area (Å²) in [5.41, 5.74) is 0.932. The first-order valence-electron chi connectivity index (χ1n) is 6.29. The molecule has 0 saturated carbocycles. The second-order valence-electron chi connectivity index (χ2n) is 4.46. The van der Waals surface area contributed by atoms with Gasteiger partial charge in [0.1, 0.15) is 0 Å². The van der Waals surface area contributed by atoms with Crippen molar-refractivity contribution in [2.24, 2.45) is 7.05 Å². The van der Waals surface area contributed by atoms with Crippen LogP contribution >= 0.6 is 0 Å². The topological polar surface area (TPSA) is 72.4 Å². The van der Waals surface area contributed by atoms with Crippen LogP contribution in [0.5, 0.6) is 0 Å². The quantitative estimate of drug-likeness (QED) is 0.729. The van der Waals surface area contributed by atoms with Gasteiger partial charge >= 0.3 is 0 Å². The molecule has 0 spiro atoms. The van der Waals surface area contributed by atoms with Crippen molar-refractivity contribution in [3.05, 3.63) is 18.0 Å². The molecule has 0 aliphatic carbocycles. The van der Waals surface area contributed by atoms with Crippen molar-refractivity contribution in [3.63, 3.8) is 0 Å². The molecule has 0 radical (unpaired) electrons. The van der Waals surface area contributed by atoms with Crippen LogP contribution in [-0.4, -0.2) is 39.3 Å². The molecule has 1 rings (SSSR count). The van der Waals surface area contributed by atoms with Crippen molar-refractivity contribution < 1.29 is 13.2 Å². The summed E-state index contributed by atoms with van der Waals surface area (Å²) >= 11 is 0. The van der Waals surface area contributed by atoms with E-state index in [9.17, 15) is 8.42 Å². The molecule has 110 valence electrons. The Morgan fingerprint density at radius 2 is 2.16 bits per heavy atom.